The van der Waals surface area contributed by atoms with Crippen molar-refractivity contribution >= 4 is 40.6 Å². The molecule has 0 aromatic heterocycles. The van der Waals surface area contributed by atoms with E-state index in [-0.39, 0.29) is 12.1 Å². The third kappa shape index (κ3) is 9.65. The van der Waals surface area contributed by atoms with Crippen LogP contribution in [0.25, 0.3) is 0 Å². The van der Waals surface area contributed by atoms with Crippen molar-refractivity contribution in [2.45, 2.75) is 69.0 Å². The van der Waals surface area contributed by atoms with Gasteiger partial charge in [-0.3, -0.25) is 9.69 Å². The van der Waals surface area contributed by atoms with Gasteiger partial charge in [-0.25, -0.2) is 8.93 Å². The molecule has 3 N–H and O–H groups in total. The van der Waals surface area contributed by atoms with Crippen LogP contribution >= 0.6 is 23.2 Å². The van der Waals surface area contributed by atoms with E-state index in [2.05, 4.69) is 47.7 Å². The number of halogens is 2. The number of nitrogens with one attached hydrogen (secondary N) is 1. The van der Waals surface area contributed by atoms with Crippen molar-refractivity contribution < 1.29 is 9.00 Å². The number of amides is 1. The molecule has 1 fully saturated rings. The molecule has 0 aliphatic carbocycles. The number of likely N-dealkylation sites (tertiary alicyclic amines) is 1. The van der Waals surface area contributed by atoms with Crippen molar-refractivity contribution in [2.24, 2.45) is 11.7 Å². The summed E-state index contributed by atoms with van der Waals surface area (Å²) >= 11 is 12.1. The van der Waals surface area contributed by atoms with Crippen LogP contribution in [0, 0.1) is 5.92 Å². The van der Waals surface area contributed by atoms with Gasteiger partial charge in [-0.05, 0) is 61.8 Å². The second kappa shape index (κ2) is 15.2. The Morgan fingerprint density at radius 3 is 2.54 bits per heavy atom. The van der Waals surface area contributed by atoms with E-state index in [0.29, 0.717) is 40.0 Å². The molecular weight excluding hydrogens is 527 g/mol. The molecule has 3 unspecified atom stereocenters. The number of nitrogens with two attached hydrogens (primary N) is 1. The summed E-state index contributed by atoms with van der Waals surface area (Å²) in [5, 5.41) is 0.791. The van der Waals surface area contributed by atoms with Gasteiger partial charge in [-0.2, -0.15) is 0 Å². The fourth-order valence-corrected chi connectivity index (χ4v) is 6.27. The van der Waals surface area contributed by atoms with E-state index >= 15 is 0 Å². The molecule has 0 saturated carbocycles. The van der Waals surface area contributed by atoms with Crippen molar-refractivity contribution in [3.63, 3.8) is 0 Å². The van der Waals surface area contributed by atoms with Crippen molar-refractivity contribution in [2.75, 3.05) is 26.2 Å². The molecule has 0 radical (unpaired) electrons. The van der Waals surface area contributed by atoms with Gasteiger partial charge in [0.2, 0.25) is 6.41 Å². The highest BCUT2D eigenvalue weighted by molar-refractivity contribution is 7.83. The molecule has 9 heteroatoms. The summed E-state index contributed by atoms with van der Waals surface area (Å²) < 4.78 is 16.0. The van der Waals surface area contributed by atoms with Gasteiger partial charge in [-0.1, -0.05) is 67.4 Å². The molecule has 1 saturated heterocycles. The molecule has 1 amide bonds. The summed E-state index contributed by atoms with van der Waals surface area (Å²) in [5.74, 6) is 0.387. The quantitative estimate of drug-likeness (QED) is 0.300. The summed E-state index contributed by atoms with van der Waals surface area (Å²) in [6, 6.07) is 16.0. The Kier molecular flexibility index (Phi) is 12.3. The number of hydrogen-bond donors (Lipinski definition) is 2. The van der Waals surface area contributed by atoms with Gasteiger partial charge in [-0.15, -0.1) is 0 Å². The van der Waals surface area contributed by atoms with Crippen molar-refractivity contribution in [1.82, 2.24) is 14.5 Å². The van der Waals surface area contributed by atoms with Crippen LogP contribution in [0.3, 0.4) is 0 Å². The van der Waals surface area contributed by atoms with E-state index < -0.39 is 11.0 Å². The Morgan fingerprint density at radius 2 is 1.92 bits per heavy atom. The average Bonchev–Trinajstić information content (AvgIpc) is 3.32. The van der Waals surface area contributed by atoms with Gasteiger partial charge in [0, 0.05) is 44.3 Å². The molecule has 1 aliphatic heterocycles. The van der Waals surface area contributed by atoms with Crippen molar-refractivity contribution in [3.8, 4) is 0 Å². The summed E-state index contributed by atoms with van der Waals surface area (Å²) in [5.41, 5.74) is 7.56. The first-order chi connectivity index (χ1) is 17.8. The van der Waals surface area contributed by atoms with E-state index in [9.17, 15) is 9.00 Å². The van der Waals surface area contributed by atoms with Gasteiger partial charge in [0.05, 0.1) is 14.9 Å². The maximum atomic E-state index is 12.9. The van der Waals surface area contributed by atoms with Gasteiger partial charge in [0.25, 0.3) is 0 Å². The van der Waals surface area contributed by atoms with Gasteiger partial charge >= 0.3 is 0 Å². The highest BCUT2D eigenvalue weighted by Crippen LogP contribution is 2.24. The largest absolute Gasteiger partial charge is 0.341 e. The molecule has 6 nitrogen and oxygen atoms in total. The summed E-state index contributed by atoms with van der Waals surface area (Å²) in [7, 11) is -1.46. The fraction of sp³-hybridized carbons (Fsp3) is 0.536. The third-order valence-electron chi connectivity index (χ3n) is 7.01. The van der Waals surface area contributed by atoms with Crippen LogP contribution in [-0.4, -0.2) is 64.7 Å². The minimum atomic E-state index is -1.46. The van der Waals surface area contributed by atoms with E-state index in [0.717, 1.165) is 51.6 Å². The lowest BCUT2D eigenvalue weighted by atomic mass is 9.99. The molecule has 37 heavy (non-hydrogen) atoms. The highest BCUT2D eigenvalue weighted by atomic mass is 35.5. The minimum Gasteiger partial charge on any atom is -0.341 e. The average molecular weight is 568 g/mol. The molecule has 2 aromatic rings. The molecule has 4 atom stereocenters. The Hall–Kier alpha value is -1.48. The SMILES string of the molecule is CC(C)C[C@H](CNS(=O)c1ccc(Cl)c(Cl)c1)N(C=O)CCC(CCc1ccccc1)N1CCC(N)C1. The fourth-order valence-electron chi connectivity index (χ4n) is 4.98. The van der Waals surface area contributed by atoms with Gasteiger partial charge in [0.15, 0.2) is 0 Å². The Balaban J connectivity index is 1.63. The summed E-state index contributed by atoms with van der Waals surface area (Å²) in [6.45, 7) is 7.25. The van der Waals surface area contributed by atoms with E-state index in [1.807, 2.05) is 11.0 Å². The normalized spacial score (nSPS) is 18.6. The van der Waals surface area contributed by atoms with Gasteiger partial charge < -0.3 is 10.6 Å². The van der Waals surface area contributed by atoms with Crippen molar-refractivity contribution in [1.29, 1.82) is 0 Å². The number of rotatable bonds is 15. The maximum absolute atomic E-state index is 12.9. The van der Waals surface area contributed by atoms with Gasteiger partial charge in [0.1, 0.15) is 11.0 Å². The number of nitrogens with zero attached hydrogens (tertiary/aromatic N) is 2. The van der Waals surface area contributed by atoms with Crippen LogP contribution < -0.4 is 10.5 Å². The lowest BCUT2D eigenvalue weighted by molar-refractivity contribution is -0.120. The molecular formula is C28H40Cl2N4O2S. The summed E-state index contributed by atoms with van der Waals surface area (Å²) in [4.78, 5) is 17.2. The second-order valence-electron chi connectivity index (χ2n) is 10.3. The van der Waals surface area contributed by atoms with Crippen LogP contribution in [-0.2, 0) is 22.2 Å². The third-order valence-corrected chi connectivity index (χ3v) is 8.86. The van der Waals surface area contributed by atoms with Crippen molar-refractivity contribution in [3.05, 3.63) is 64.1 Å². The molecule has 0 spiro atoms. The number of carbonyl (C=O) groups excluding carboxylic acids is 1. The summed E-state index contributed by atoms with van der Waals surface area (Å²) in [6.07, 6.45) is 5.67. The van der Waals surface area contributed by atoms with E-state index in [1.165, 1.54) is 5.56 Å². The highest BCUT2D eigenvalue weighted by Gasteiger charge is 2.28. The zero-order valence-corrected chi connectivity index (χ0v) is 24.2. The Morgan fingerprint density at radius 1 is 1.16 bits per heavy atom. The monoisotopic (exact) mass is 566 g/mol. The lowest BCUT2D eigenvalue weighted by Gasteiger charge is -2.33. The topological polar surface area (TPSA) is 78.7 Å². The Bertz CT molecular complexity index is 1010. The van der Waals surface area contributed by atoms with E-state index in [1.54, 1.807) is 18.2 Å². The second-order valence-corrected chi connectivity index (χ2v) is 12.4. The zero-order chi connectivity index (χ0) is 26.8. The number of hydrogen-bond acceptors (Lipinski definition) is 4. The van der Waals surface area contributed by atoms with Crippen LogP contribution in [0.1, 0.15) is 45.1 Å². The molecule has 2 aromatic carbocycles. The minimum absolute atomic E-state index is 0.0696. The Labute approximate surface area is 234 Å². The zero-order valence-electron chi connectivity index (χ0n) is 21.8. The molecule has 1 aliphatic rings. The number of aryl methyl sites for hydroxylation is 1. The molecule has 3 rings (SSSR count). The maximum Gasteiger partial charge on any atom is 0.210 e. The number of benzene rings is 2. The molecule has 204 valence electrons. The van der Waals surface area contributed by atoms with Crippen LogP contribution in [0.5, 0.6) is 0 Å². The molecule has 1 heterocycles. The first-order valence-electron chi connectivity index (χ1n) is 13.1. The standard InChI is InChI=1S/C28H40Cl2N4O2S/c1-21(2)16-25(18-32-37(36)26-10-11-27(29)28(30)17-26)34(20-35)15-13-24(33-14-12-23(31)19-33)9-8-22-6-4-3-5-7-22/h3-7,10-11,17,20-21,23-25,32H,8-9,12-16,18-19,31H2,1-2H3/t23?,24?,25-,37?/m1/s1. The van der Waals surface area contributed by atoms with Crippen LogP contribution in [0.15, 0.2) is 53.4 Å². The van der Waals surface area contributed by atoms with Crippen LogP contribution in [0.2, 0.25) is 10.0 Å². The first kappa shape index (κ1) is 30.1. The predicted octanol–water partition coefficient (Wildman–Crippen LogP) is 4.90. The van der Waals surface area contributed by atoms with Crippen LogP contribution in [0.4, 0.5) is 0 Å². The molecule has 0 bridgehead atoms. The lowest BCUT2D eigenvalue weighted by Crippen LogP contribution is -2.45. The first-order valence-corrected chi connectivity index (χ1v) is 15.0. The smallest absolute Gasteiger partial charge is 0.210 e. The number of carbonyl (C=O) groups is 1. The predicted molar refractivity (Wildman–Crippen MR) is 154 cm³/mol. The van der Waals surface area contributed by atoms with E-state index in [4.69, 9.17) is 28.9 Å².